The first-order chi connectivity index (χ1) is 10.7. The van der Waals surface area contributed by atoms with Crippen LogP contribution in [0, 0.1) is 0 Å². The number of fused-ring (bicyclic) bond motifs is 1. The lowest BCUT2D eigenvalue weighted by atomic mass is 10.1. The van der Waals surface area contributed by atoms with Crippen LogP contribution in [0.2, 0.25) is 5.02 Å². The maximum absolute atomic E-state index is 6.50. The van der Waals surface area contributed by atoms with Crippen molar-refractivity contribution in [2.45, 2.75) is 4.90 Å². The van der Waals surface area contributed by atoms with E-state index < -0.39 is 0 Å². The van der Waals surface area contributed by atoms with Crippen LogP contribution in [0.1, 0.15) is 5.56 Å². The van der Waals surface area contributed by atoms with Crippen molar-refractivity contribution in [2.75, 3.05) is 12.9 Å². The summed E-state index contributed by atoms with van der Waals surface area (Å²) < 4.78 is 5.13. The third-order valence-electron chi connectivity index (χ3n) is 3.29. The van der Waals surface area contributed by atoms with Crippen LogP contribution >= 0.6 is 35.0 Å². The number of rotatable bonds is 3. The molecule has 0 saturated heterocycles. The molecule has 22 heavy (non-hydrogen) atoms. The van der Waals surface area contributed by atoms with Gasteiger partial charge >= 0.3 is 0 Å². The van der Waals surface area contributed by atoms with E-state index in [0.717, 1.165) is 33.2 Å². The van der Waals surface area contributed by atoms with E-state index in [-0.39, 0.29) is 0 Å². The lowest BCUT2D eigenvalue weighted by molar-refractivity contribution is 0.415. The maximum Gasteiger partial charge on any atom is 0.119 e. The van der Waals surface area contributed by atoms with Gasteiger partial charge in [-0.15, -0.1) is 11.8 Å². The number of ether oxygens (including phenoxy) is 1. The summed E-state index contributed by atoms with van der Waals surface area (Å²) in [5.41, 5.74) is 2.83. The van der Waals surface area contributed by atoms with Crippen LogP contribution in [0.4, 0.5) is 5.69 Å². The van der Waals surface area contributed by atoms with Crippen molar-refractivity contribution in [2.24, 2.45) is 4.99 Å². The highest BCUT2D eigenvalue weighted by Crippen LogP contribution is 2.40. The van der Waals surface area contributed by atoms with Gasteiger partial charge in [0.05, 0.1) is 17.8 Å². The normalized spacial score (nSPS) is 14.3. The molecule has 0 amide bonds. The molecule has 0 N–H and O–H groups in total. The van der Waals surface area contributed by atoms with Gasteiger partial charge in [-0.05, 0) is 48.0 Å². The van der Waals surface area contributed by atoms with Gasteiger partial charge in [-0.2, -0.15) is 0 Å². The fraction of sp³-hybridized carbons (Fsp3) is 0.118. The van der Waals surface area contributed by atoms with Gasteiger partial charge in [-0.25, -0.2) is 0 Å². The van der Waals surface area contributed by atoms with Crippen LogP contribution in [-0.2, 0) is 0 Å². The molecule has 0 unspecified atom stereocenters. The van der Waals surface area contributed by atoms with E-state index in [9.17, 15) is 0 Å². The molecule has 0 atom stereocenters. The van der Waals surface area contributed by atoms with Gasteiger partial charge in [0.1, 0.15) is 5.75 Å². The molecule has 2 aromatic carbocycles. The molecular weight excluding hydrogens is 337 g/mol. The minimum Gasteiger partial charge on any atom is -0.497 e. The summed E-state index contributed by atoms with van der Waals surface area (Å²) >= 11 is 14.3. The quantitative estimate of drug-likeness (QED) is 0.652. The summed E-state index contributed by atoms with van der Waals surface area (Å²) in [5, 5.41) is 1.40. The minimum absolute atomic E-state index is 0.686. The smallest absolute Gasteiger partial charge is 0.119 e. The summed E-state index contributed by atoms with van der Waals surface area (Å²) in [7, 11) is 1.64. The number of methoxy groups -OCH3 is 1. The van der Waals surface area contributed by atoms with E-state index in [1.165, 1.54) is 0 Å². The number of hydrogen-bond acceptors (Lipinski definition) is 3. The Morgan fingerprint density at radius 2 is 1.91 bits per heavy atom. The summed E-state index contributed by atoms with van der Waals surface area (Å²) in [4.78, 5) is 5.63. The van der Waals surface area contributed by atoms with Crippen LogP contribution in [0.15, 0.2) is 57.9 Å². The molecule has 0 saturated carbocycles. The highest BCUT2D eigenvalue weighted by Gasteiger charge is 2.17. The molecule has 2 nitrogen and oxygen atoms in total. The van der Waals surface area contributed by atoms with E-state index >= 15 is 0 Å². The van der Waals surface area contributed by atoms with E-state index in [0.29, 0.717) is 10.1 Å². The Labute approximate surface area is 143 Å². The monoisotopic (exact) mass is 349 g/mol. The highest BCUT2D eigenvalue weighted by atomic mass is 35.5. The van der Waals surface area contributed by atoms with Crippen molar-refractivity contribution in [1.29, 1.82) is 0 Å². The number of hydrogen-bond donors (Lipinski definition) is 0. The Hall–Kier alpha value is -1.42. The van der Waals surface area contributed by atoms with E-state index in [4.69, 9.17) is 27.9 Å². The second kappa shape index (κ2) is 6.78. The second-order valence-corrected chi connectivity index (χ2v) is 6.56. The SMILES string of the molecule is COc1ccc(N=CC2=C(Cl)c3cc(Cl)ccc3SC2)cc1. The fourth-order valence-corrected chi connectivity index (χ4v) is 3.70. The van der Waals surface area contributed by atoms with Crippen molar-refractivity contribution in [1.82, 2.24) is 0 Å². The standard InChI is InChI=1S/C17H13Cl2NOS/c1-21-14-5-3-13(4-6-14)20-9-11-10-22-16-7-2-12(18)8-15(16)17(11)19/h2-9H,10H2,1H3. The third-order valence-corrected chi connectivity index (χ3v) is 5.09. The van der Waals surface area contributed by atoms with Crippen LogP contribution in [-0.4, -0.2) is 19.1 Å². The van der Waals surface area contributed by atoms with Crippen LogP contribution in [0.25, 0.3) is 5.03 Å². The van der Waals surface area contributed by atoms with Crippen LogP contribution in [0.5, 0.6) is 5.75 Å². The van der Waals surface area contributed by atoms with Crippen molar-refractivity contribution in [3.05, 3.63) is 58.6 Å². The number of thioether (sulfide) groups is 1. The zero-order valence-electron chi connectivity index (χ0n) is 11.8. The van der Waals surface area contributed by atoms with Gasteiger partial charge in [0.25, 0.3) is 0 Å². The average molecular weight is 350 g/mol. The van der Waals surface area contributed by atoms with Gasteiger partial charge in [-0.3, -0.25) is 4.99 Å². The van der Waals surface area contributed by atoms with Crippen molar-refractivity contribution < 1.29 is 4.74 Å². The fourth-order valence-electron chi connectivity index (χ4n) is 2.11. The second-order valence-electron chi connectivity index (χ2n) is 4.72. The molecule has 2 aromatic rings. The van der Waals surface area contributed by atoms with Crippen molar-refractivity contribution in [3.8, 4) is 5.75 Å². The van der Waals surface area contributed by atoms with E-state index in [2.05, 4.69) is 4.99 Å². The first-order valence-corrected chi connectivity index (χ1v) is 8.41. The molecular formula is C17H13Cl2NOS. The summed E-state index contributed by atoms with van der Waals surface area (Å²) in [6.07, 6.45) is 1.82. The molecule has 3 rings (SSSR count). The molecule has 5 heteroatoms. The number of halogens is 2. The van der Waals surface area contributed by atoms with Crippen LogP contribution in [0.3, 0.4) is 0 Å². The first-order valence-electron chi connectivity index (χ1n) is 6.67. The van der Waals surface area contributed by atoms with Crippen LogP contribution < -0.4 is 4.74 Å². The Bertz CT molecular complexity index is 754. The summed E-state index contributed by atoms with van der Waals surface area (Å²) in [5.74, 6) is 1.61. The molecule has 0 bridgehead atoms. The van der Waals surface area contributed by atoms with Gasteiger partial charge in [-0.1, -0.05) is 23.2 Å². The van der Waals surface area contributed by atoms with Gasteiger partial charge in [0, 0.05) is 27.4 Å². The zero-order valence-corrected chi connectivity index (χ0v) is 14.2. The number of nitrogens with zero attached hydrogens (tertiary/aromatic N) is 1. The average Bonchev–Trinajstić information content (AvgIpc) is 2.55. The summed E-state index contributed by atoms with van der Waals surface area (Å²) in [6, 6.07) is 13.4. The maximum atomic E-state index is 6.50. The predicted molar refractivity (Wildman–Crippen MR) is 96.1 cm³/mol. The molecule has 1 heterocycles. The third kappa shape index (κ3) is 3.32. The molecule has 1 aliphatic rings. The predicted octanol–water partition coefficient (Wildman–Crippen LogP) is 5.81. The van der Waals surface area contributed by atoms with Crippen molar-refractivity contribution >= 4 is 51.9 Å². The Kier molecular flexibility index (Phi) is 4.77. The Morgan fingerprint density at radius 1 is 1.14 bits per heavy atom. The van der Waals surface area contributed by atoms with Crippen molar-refractivity contribution in [3.63, 3.8) is 0 Å². The highest BCUT2D eigenvalue weighted by molar-refractivity contribution is 7.99. The molecule has 1 aliphatic heterocycles. The molecule has 0 spiro atoms. The first kappa shape index (κ1) is 15.5. The molecule has 0 aromatic heterocycles. The van der Waals surface area contributed by atoms with Gasteiger partial charge < -0.3 is 4.74 Å². The largest absolute Gasteiger partial charge is 0.497 e. The van der Waals surface area contributed by atoms with E-state index in [1.54, 1.807) is 18.9 Å². The Balaban J connectivity index is 1.88. The van der Waals surface area contributed by atoms with E-state index in [1.807, 2.05) is 48.7 Å². The topological polar surface area (TPSA) is 21.6 Å². The number of aliphatic imine (C=N–C) groups is 1. The lowest BCUT2D eigenvalue weighted by Crippen LogP contribution is -2.00. The van der Waals surface area contributed by atoms with Gasteiger partial charge in [0.2, 0.25) is 0 Å². The molecule has 0 radical (unpaired) electrons. The molecule has 0 aliphatic carbocycles. The Morgan fingerprint density at radius 3 is 2.64 bits per heavy atom. The molecule has 112 valence electrons. The summed E-state index contributed by atoms with van der Waals surface area (Å²) in [6.45, 7) is 0. The zero-order chi connectivity index (χ0) is 15.5. The lowest BCUT2D eigenvalue weighted by Gasteiger charge is -2.17. The van der Waals surface area contributed by atoms with Gasteiger partial charge in [0.15, 0.2) is 0 Å². The minimum atomic E-state index is 0.686. The number of benzene rings is 2. The molecule has 0 fully saturated rings.